The number of carbonyl (C=O) groups is 2. The predicted octanol–water partition coefficient (Wildman–Crippen LogP) is 0.878. The Balaban J connectivity index is 2.10. The van der Waals surface area contributed by atoms with E-state index in [1.54, 1.807) is 24.3 Å². The second-order valence-corrected chi connectivity index (χ2v) is 6.51. The molecule has 1 aromatic heterocycles. The summed E-state index contributed by atoms with van der Waals surface area (Å²) >= 11 is 1.51. The van der Waals surface area contributed by atoms with Crippen LogP contribution in [0.15, 0.2) is 36.4 Å². The SMILES string of the molecule is C[C@@H](O)[C@H](NC(=O)c1ccc(-c2ccc(CNO)s2)cc1)C(=O)NO. The van der Waals surface area contributed by atoms with Crippen molar-refractivity contribution in [3.05, 3.63) is 46.8 Å². The lowest BCUT2D eigenvalue weighted by molar-refractivity contribution is -0.133. The Morgan fingerprint density at radius 1 is 1.12 bits per heavy atom. The molecular formula is C16H19N3O5S. The molecule has 0 saturated carbocycles. The van der Waals surface area contributed by atoms with E-state index in [1.807, 2.05) is 12.1 Å². The first-order chi connectivity index (χ1) is 12.0. The van der Waals surface area contributed by atoms with E-state index in [0.717, 1.165) is 15.3 Å². The van der Waals surface area contributed by atoms with Crippen LogP contribution in [-0.4, -0.2) is 39.5 Å². The third kappa shape index (κ3) is 4.84. The van der Waals surface area contributed by atoms with Crippen LogP contribution in [0.4, 0.5) is 0 Å². The van der Waals surface area contributed by atoms with Crippen LogP contribution in [0.5, 0.6) is 0 Å². The minimum atomic E-state index is -1.26. The smallest absolute Gasteiger partial charge is 0.268 e. The number of hydroxylamine groups is 2. The third-order valence-corrected chi connectivity index (χ3v) is 4.64. The molecule has 9 heteroatoms. The van der Waals surface area contributed by atoms with Gasteiger partial charge in [-0.15, -0.1) is 11.3 Å². The topological polar surface area (TPSA) is 131 Å². The van der Waals surface area contributed by atoms with Gasteiger partial charge in [-0.3, -0.25) is 14.8 Å². The molecule has 0 aliphatic heterocycles. The van der Waals surface area contributed by atoms with Crippen LogP contribution in [0, 0.1) is 0 Å². The van der Waals surface area contributed by atoms with Gasteiger partial charge in [0, 0.05) is 15.3 Å². The number of carbonyl (C=O) groups excluding carboxylic acids is 2. The van der Waals surface area contributed by atoms with Crippen LogP contribution in [-0.2, 0) is 11.3 Å². The van der Waals surface area contributed by atoms with E-state index in [2.05, 4.69) is 10.8 Å². The number of amides is 2. The Bertz CT molecular complexity index is 730. The van der Waals surface area contributed by atoms with Gasteiger partial charge in [0.2, 0.25) is 0 Å². The van der Waals surface area contributed by atoms with Crippen LogP contribution in [0.1, 0.15) is 22.2 Å². The highest BCUT2D eigenvalue weighted by molar-refractivity contribution is 7.15. The fraction of sp³-hybridized carbons (Fsp3) is 0.250. The third-order valence-electron chi connectivity index (χ3n) is 3.51. The minimum Gasteiger partial charge on any atom is -0.391 e. The molecule has 2 amide bonds. The van der Waals surface area contributed by atoms with Gasteiger partial charge in [0.05, 0.1) is 12.6 Å². The van der Waals surface area contributed by atoms with Crippen molar-refractivity contribution in [2.75, 3.05) is 0 Å². The van der Waals surface area contributed by atoms with Crippen molar-refractivity contribution in [3.8, 4) is 10.4 Å². The molecule has 0 spiro atoms. The Kier molecular flexibility index (Phi) is 6.62. The molecule has 0 saturated heterocycles. The van der Waals surface area contributed by atoms with Crippen molar-refractivity contribution in [2.45, 2.75) is 25.6 Å². The number of hydrogen-bond donors (Lipinski definition) is 6. The number of aliphatic hydroxyl groups excluding tert-OH is 1. The van der Waals surface area contributed by atoms with E-state index in [4.69, 9.17) is 10.4 Å². The Morgan fingerprint density at radius 2 is 1.80 bits per heavy atom. The van der Waals surface area contributed by atoms with Gasteiger partial charge >= 0.3 is 0 Å². The minimum absolute atomic E-state index is 0.314. The summed E-state index contributed by atoms with van der Waals surface area (Å²) in [6.45, 7) is 1.69. The summed E-state index contributed by atoms with van der Waals surface area (Å²) in [7, 11) is 0. The van der Waals surface area contributed by atoms with Crippen molar-refractivity contribution in [1.82, 2.24) is 16.3 Å². The number of rotatable bonds is 7. The number of thiophene rings is 1. The lowest BCUT2D eigenvalue weighted by atomic mass is 10.1. The first-order valence-electron chi connectivity index (χ1n) is 7.45. The highest BCUT2D eigenvalue weighted by Crippen LogP contribution is 2.28. The quantitative estimate of drug-likeness (QED) is 0.319. The highest BCUT2D eigenvalue weighted by atomic mass is 32.1. The molecule has 2 aromatic rings. The summed E-state index contributed by atoms with van der Waals surface area (Å²) in [5, 5.41) is 29.3. The molecular weight excluding hydrogens is 346 g/mol. The lowest BCUT2D eigenvalue weighted by Gasteiger charge is -2.19. The Labute approximate surface area is 148 Å². The van der Waals surface area contributed by atoms with E-state index < -0.39 is 24.0 Å². The van der Waals surface area contributed by atoms with E-state index in [-0.39, 0.29) is 0 Å². The maximum Gasteiger partial charge on any atom is 0.268 e. The van der Waals surface area contributed by atoms with Crippen molar-refractivity contribution < 1.29 is 25.1 Å². The first kappa shape index (κ1) is 19.0. The maximum absolute atomic E-state index is 12.2. The summed E-state index contributed by atoms with van der Waals surface area (Å²) in [5.74, 6) is -1.44. The lowest BCUT2D eigenvalue weighted by Crippen LogP contribution is -2.51. The number of benzene rings is 1. The fourth-order valence-electron chi connectivity index (χ4n) is 2.19. The second-order valence-electron chi connectivity index (χ2n) is 5.35. The van der Waals surface area contributed by atoms with E-state index in [0.29, 0.717) is 12.1 Å². The molecule has 0 unspecified atom stereocenters. The van der Waals surface area contributed by atoms with E-state index in [9.17, 15) is 14.7 Å². The van der Waals surface area contributed by atoms with Gasteiger partial charge in [-0.25, -0.2) is 11.0 Å². The molecule has 1 aromatic carbocycles. The second kappa shape index (κ2) is 8.70. The van der Waals surface area contributed by atoms with Gasteiger partial charge in [-0.1, -0.05) is 12.1 Å². The largest absolute Gasteiger partial charge is 0.391 e. The zero-order valence-corrected chi connectivity index (χ0v) is 14.2. The molecule has 1 heterocycles. The standard InChI is InChI=1S/C16H19N3O5S/c1-9(20)14(16(22)19-24)18-15(21)11-4-2-10(3-5-11)13-7-6-12(25-13)8-17-23/h2-7,9,14,17,20,23-24H,8H2,1H3,(H,18,21)(H,19,22)/t9-,14+/m1/s1. The van der Waals surface area contributed by atoms with Crippen LogP contribution in [0.2, 0.25) is 0 Å². The van der Waals surface area contributed by atoms with Crippen molar-refractivity contribution >= 4 is 23.2 Å². The summed E-state index contributed by atoms with van der Waals surface area (Å²) in [5.41, 5.74) is 4.73. The maximum atomic E-state index is 12.2. The normalized spacial score (nSPS) is 13.1. The van der Waals surface area contributed by atoms with Crippen molar-refractivity contribution in [1.29, 1.82) is 0 Å². The van der Waals surface area contributed by atoms with Crippen molar-refractivity contribution in [3.63, 3.8) is 0 Å². The Hall–Kier alpha value is -2.30. The average molecular weight is 365 g/mol. The van der Waals surface area contributed by atoms with E-state index in [1.165, 1.54) is 23.7 Å². The summed E-state index contributed by atoms with van der Waals surface area (Å²) in [4.78, 5) is 25.6. The Morgan fingerprint density at radius 3 is 2.36 bits per heavy atom. The van der Waals surface area contributed by atoms with Crippen molar-refractivity contribution in [2.24, 2.45) is 0 Å². The molecule has 0 radical (unpaired) electrons. The van der Waals surface area contributed by atoms with Crippen LogP contribution in [0.3, 0.4) is 0 Å². The molecule has 134 valence electrons. The van der Waals surface area contributed by atoms with Gasteiger partial charge < -0.3 is 15.6 Å². The predicted molar refractivity (Wildman–Crippen MR) is 91.2 cm³/mol. The first-order valence-corrected chi connectivity index (χ1v) is 8.27. The molecule has 0 bridgehead atoms. The van der Waals surface area contributed by atoms with Gasteiger partial charge in [0.15, 0.2) is 0 Å². The summed E-state index contributed by atoms with van der Waals surface area (Å²) in [6, 6.07) is 9.28. The monoisotopic (exact) mass is 365 g/mol. The van der Waals surface area contributed by atoms with Gasteiger partial charge in [0.25, 0.3) is 11.8 Å². The van der Waals surface area contributed by atoms with Gasteiger partial charge in [-0.2, -0.15) is 0 Å². The fourth-order valence-corrected chi connectivity index (χ4v) is 3.14. The molecule has 0 aliphatic carbocycles. The molecule has 0 aliphatic rings. The average Bonchev–Trinajstić information content (AvgIpc) is 3.07. The van der Waals surface area contributed by atoms with Gasteiger partial charge in [0.1, 0.15) is 6.04 Å². The summed E-state index contributed by atoms with van der Waals surface area (Å²) < 4.78 is 0. The van der Waals surface area contributed by atoms with E-state index >= 15 is 0 Å². The highest BCUT2D eigenvalue weighted by Gasteiger charge is 2.25. The molecule has 0 fully saturated rings. The van der Waals surface area contributed by atoms with Gasteiger partial charge in [-0.05, 0) is 36.8 Å². The molecule has 6 N–H and O–H groups in total. The zero-order valence-electron chi connectivity index (χ0n) is 13.4. The number of aliphatic hydroxyl groups is 1. The zero-order chi connectivity index (χ0) is 18.4. The molecule has 25 heavy (non-hydrogen) atoms. The van der Waals surface area contributed by atoms with Crippen LogP contribution in [0.25, 0.3) is 10.4 Å². The number of nitrogens with one attached hydrogen (secondary N) is 3. The van der Waals surface area contributed by atoms with Crippen LogP contribution >= 0.6 is 11.3 Å². The summed E-state index contributed by atoms with van der Waals surface area (Å²) in [6.07, 6.45) is -1.17. The molecule has 8 nitrogen and oxygen atoms in total. The number of hydrogen-bond acceptors (Lipinski definition) is 7. The van der Waals surface area contributed by atoms with Crippen LogP contribution < -0.4 is 16.3 Å². The molecule has 2 rings (SSSR count). The molecule has 2 atom stereocenters.